The summed E-state index contributed by atoms with van der Waals surface area (Å²) in [7, 11) is 0. The summed E-state index contributed by atoms with van der Waals surface area (Å²) in [6.07, 6.45) is -0.532. The average molecular weight is 553 g/mol. The number of amides is 5. The maximum absolute atomic E-state index is 13.2. The van der Waals surface area contributed by atoms with E-state index in [0.717, 1.165) is 11.8 Å². The molecule has 0 radical (unpaired) electrons. The Hall–Kier alpha value is -3.69. The van der Waals surface area contributed by atoms with Gasteiger partial charge in [0.1, 0.15) is 23.4 Å². The normalized spacial score (nSPS) is 27.9. The fourth-order valence-electron chi connectivity index (χ4n) is 3.59. The lowest BCUT2D eigenvalue weighted by atomic mass is 10.0. The van der Waals surface area contributed by atoms with Gasteiger partial charge in [0.15, 0.2) is 0 Å². The monoisotopic (exact) mass is 552 g/mol. The molecule has 10 N–H and O–H groups in total. The Bertz CT molecular complexity index is 1040. The third-order valence-electron chi connectivity index (χ3n) is 5.63. The van der Waals surface area contributed by atoms with E-state index < -0.39 is 84.0 Å². The Morgan fingerprint density at radius 2 is 1.55 bits per heavy atom. The van der Waals surface area contributed by atoms with Crippen molar-refractivity contribution in [1.29, 1.82) is 0 Å². The molecule has 1 aromatic rings. The van der Waals surface area contributed by atoms with Crippen LogP contribution in [0.2, 0.25) is 0 Å². The number of thioether (sulfide) groups is 1. The number of carboxylic acid groups (broad SMARTS) is 1. The summed E-state index contributed by atoms with van der Waals surface area (Å²) in [5.74, 6) is -5.89. The van der Waals surface area contributed by atoms with Gasteiger partial charge in [-0.25, -0.2) is 0 Å². The van der Waals surface area contributed by atoms with E-state index in [9.17, 15) is 39.0 Å². The third kappa shape index (κ3) is 9.00. The predicted molar refractivity (Wildman–Crippen MR) is 136 cm³/mol. The molecule has 14 nitrogen and oxygen atoms in total. The lowest BCUT2D eigenvalue weighted by molar-refractivity contribution is -0.138. The fraction of sp³-hybridized carbons (Fsp3) is 0.478. The Morgan fingerprint density at radius 3 is 2.13 bits per heavy atom. The number of hydrogen-bond donors (Lipinski definition) is 8. The second-order valence-corrected chi connectivity index (χ2v) is 9.88. The summed E-state index contributed by atoms with van der Waals surface area (Å²) in [6, 6.07) is 2.21. The highest BCUT2D eigenvalue weighted by Crippen LogP contribution is 2.20. The third-order valence-corrected chi connectivity index (χ3v) is 7.07. The lowest BCUT2D eigenvalue weighted by Gasteiger charge is -2.29. The molecule has 1 heterocycles. The molecule has 0 aliphatic carbocycles. The zero-order valence-electron chi connectivity index (χ0n) is 20.6. The molecule has 0 aromatic heterocycles. The molecule has 15 heteroatoms. The van der Waals surface area contributed by atoms with Gasteiger partial charge in [-0.15, -0.1) is 11.8 Å². The number of rotatable bonds is 6. The quantitative estimate of drug-likeness (QED) is 0.174. The predicted octanol–water partition coefficient (Wildman–Crippen LogP) is -3.42. The van der Waals surface area contributed by atoms with E-state index >= 15 is 0 Å². The highest BCUT2D eigenvalue weighted by atomic mass is 32.2. The van der Waals surface area contributed by atoms with E-state index in [1.807, 2.05) is 0 Å². The lowest BCUT2D eigenvalue weighted by Crippen LogP contribution is -2.60. The summed E-state index contributed by atoms with van der Waals surface area (Å²) in [5.41, 5.74) is 11.9. The van der Waals surface area contributed by atoms with E-state index in [1.165, 1.54) is 6.92 Å². The van der Waals surface area contributed by atoms with Crippen LogP contribution in [0, 0.1) is 0 Å². The van der Waals surface area contributed by atoms with Gasteiger partial charge in [-0.2, -0.15) is 0 Å². The van der Waals surface area contributed by atoms with Crippen molar-refractivity contribution >= 4 is 47.3 Å². The van der Waals surface area contributed by atoms with Crippen molar-refractivity contribution < 1.29 is 39.0 Å². The van der Waals surface area contributed by atoms with Gasteiger partial charge in [-0.05, 0) is 18.9 Å². The molecule has 5 amide bonds. The van der Waals surface area contributed by atoms with Crippen LogP contribution in [0.5, 0.6) is 0 Å². The van der Waals surface area contributed by atoms with E-state index in [1.54, 1.807) is 30.3 Å². The number of benzene rings is 1. The first kappa shape index (κ1) is 30.5. The summed E-state index contributed by atoms with van der Waals surface area (Å²) in [6.45, 7) is 0.474. The van der Waals surface area contributed by atoms with Gasteiger partial charge in [0.05, 0.1) is 25.1 Å². The number of aliphatic hydroxyl groups is 1. The number of primary amides is 1. The van der Waals surface area contributed by atoms with Gasteiger partial charge in [-0.3, -0.25) is 28.8 Å². The molecular weight excluding hydrogens is 520 g/mol. The Kier molecular flexibility index (Phi) is 11.5. The maximum atomic E-state index is 13.2. The van der Waals surface area contributed by atoms with Crippen LogP contribution in [-0.2, 0) is 35.2 Å². The number of nitrogens with two attached hydrogens (primary N) is 2. The van der Waals surface area contributed by atoms with E-state index in [0.29, 0.717) is 5.56 Å². The minimum absolute atomic E-state index is 0.0638. The molecule has 1 aliphatic rings. The summed E-state index contributed by atoms with van der Waals surface area (Å²) >= 11 is 0.790. The van der Waals surface area contributed by atoms with Gasteiger partial charge in [0, 0.05) is 5.75 Å². The minimum atomic E-state index is -1.47. The van der Waals surface area contributed by atoms with Crippen LogP contribution in [0.25, 0.3) is 0 Å². The number of carboxylic acids is 1. The van der Waals surface area contributed by atoms with Gasteiger partial charge in [-0.1, -0.05) is 30.3 Å². The van der Waals surface area contributed by atoms with Crippen LogP contribution in [0.3, 0.4) is 0 Å². The molecule has 1 fully saturated rings. The maximum Gasteiger partial charge on any atom is 0.318 e. The highest BCUT2D eigenvalue weighted by molar-refractivity contribution is 8.00. The van der Waals surface area contributed by atoms with E-state index in [4.69, 9.17) is 11.5 Å². The molecule has 2 rings (SSSR count). The first-order valence-corrected chi connectivity index (χ1v) is 12.7. The minimum Gasteiger partial charge on any atom is -0.480 e. The molecular formula is C23H32N6O8S. The van der Waals surface area contributed by atoms with E-state index in [-0.39, 0.29) is 12.2 Å². The van der Waals surface area contributed by atoms with Crippen molar-refractivity contribution in [3.05, 3.63) is 35.9 Å². The standard InChI is InChI=1S/C23H32N6O8S/c1-11-19(32)28-15(8-17(25)31)21(34)27-14(7-12-5-3-2-4-6-12)18(23(36)37)38-10-13(24)20(33)29-16(9-30)22(35)26-11/h2-6,11,13-16,18,30H,7-10,24H2,1H3,(H2,25,31)(H,26,35)(H,27,34)(H,28,32)(H,29,33)(H,36,37)/t11-,13-,14+,15-,16?,18?/m0/s1. The first-order chi connectivity index (χ1) is 17.9. The van der Waals surface area contributed by atoms with Gasteiger partial charge in [0.25, 0.3) is 0 Å². The molecule has 2 unspecified atom stereocenters. The summed E-state index contributed by atoms with van der Waals surface area (Å²) in [5, 5.41) is 27.7. The van der Waals surface area contributed by atoms with Crippen molar-refractivity contribution in [2.24, 2.45) is 11.5 Å². The Labute approximate surface area is 222 Å². The molecule has 1 saturated heterocycles. The van der Waals surface area contributed by atoms with Gasteiger partial charge in [0.2, 0.25) is 29.5 Å². The molecule has 0 saturated carbocycles. The molecule has 0 bridgehead atoms. The van der Waals surface area contributed by atoms with Gasteiger partial charge >= 0.3 is 5.97 Å². The van der Waals surface area contributed by atoms with Crippen molar-refractivity contribution in [1.82, 2.24) is 21.3 Å². The SMILES string of the molecule is C[C@@H]1NC(=O)C(CO)NC(=O)[C@@H](N)CSC(C(=O)O)[C@@H](Cc2ccccc2)NC(=O)[C@H](CC(N)=O)NC1=O. The molecule has 208 valence electrons. The van der Waals surface area contributed by atoms with Gasteiger partial charge < -0.3 is 42.9 Å². The fourth-order valence-corrected chi connectivity index (χ4v) is 4.69. The molecule has 0 spiro atoms. The Balaban J connectivity index is 2.47. The number of nitrogens with one attached hydrogen (secondary N) is 4. The number of hydrogen-bond acceptors (Lipinski definition) is 9. The van der Waals surface area contributed by atoms with Crippen molar-refractivity contribution in [3.8, 4) is 0 Å². The molecule has 1 aromatic carbocycles. The zero-order chi connectivity index (χ0) is 28.4. The first-order valence-electron chi connectivity index (χ1n) is 11.7. The van der Waals surface area contributed by atoms with Crippen molar-refractivity contribution in [3.63, 3.8) is 0 Å². The zero-order valence-corrected chi connectivity index (χ0v) is 21.4. The second-order valence-electron chi connectivity index (χ2n) is 8.71. The number of carbonyl (C=O) groups is 6. The topological polar surface area (TPSA) is 243 Å². The molecule has 38 heavy (non-hydrogen) atoms. The van der Waals surface area contributed by atoms with Crippen LogP contribution in [0.1, 0.15) is 18.9 Å². The largest absolute Gasteiger partial charge is 0.480 e. The number of aliphatic carboxylic acids is 1. The van der Waals surface area contributed by atoms with Crippen LogP contribution >= 0.6 is 11.8 Å². The van der Waals surface area contributed by atoms with Crippen molar-refractivity contribution in [2.75, 3.05) is 12.4 Å². The Morgan fingerprint density at radius 1 is 0.947 bits per heavy atom. The molecule has 1 aliphatic heterocycles. The highest BCUT2D eigenvalue weighted by Gasteiger charge is 2.35. The second kappa shape index (κ2) is 14.3. The van der Waals surface area contributed by atoms with Crippen LogP contribution < -0.4 is 32.7 Å². The average Bonchev–Trinajstić information content (AvgIpc) is 2.85. The van der Waals surface area contributed by atoms with Crippen molar-refractivity contribution in [2.45, 2.75) is 55.2 Å². The van der Waals surface area contributed by atoms with E-state index in [2.05, 4.69) is 21.3 Å². The summed E-state index contributed by atoms with van der Waals surface area (Å²) in [4.78, 5) is 74.8. The molecule has 6 atom stereocenters. The number of carbonyl (C=O) groups excluding carboxylic acids is 5. The smallest absolute Gasteiger partial charge is 0.318 e. The van der Waals surface area contributed by atoms with Crippen LogP contribution in [0.4, 0.5) is 0 Å². The van der Waals surface area contributed by atoms with Crippen LogP contribution in [-0.4, -0.2) is 93.5 Å². The van der Waals surface area contributed by atoms with Crippen LogP contribution in [0.15, 0.2) is 30.3 Å². The number of aliphatic hydroxyl groups excluding tert-OH is 1. The summed E-state index contributed by atoms with van der Waals surface area (Å²) < 4.78 is 0.